The third kappa shape index (κ3) is 34.8. The Balaban J connectivity index is 4.74. The average Bonchev–Trinajstić information content (AvgIpc) is 3.21. The minimum Gasteiger partial charge on any atom is -0.315 e. The van der Waals surface area contributed by atoms with Gasteiger partial charge >= 0.3 is 0 Å². The first-order valence-electron chi connectivity index (χ1n) is 25.3. The monoisotopic (exact) mass is 788 g/mol. The average molecular weight is 788 g/mol. The Morgan fingerprint density at radius 1 is 0.518 bits per heavy atom. The topological polar surface area (TPSA) is 44.8 Å². The van der Waals surface area contributed by atoms with E-state index in [4.69, 9.17) is 4.84 Å². The second-order valence-corrected chi connectivity index (χ2v) is 17.0. The first-order valence-corrected chi connectivity index (χ1v) is 25.3. The molecule has 0 saturated heterocycles. The van der Waals surface area contributed by atoms with E-state index in [-0.39, 0.29) is 6.23 Å². The fraction of sp³-hybridized carbons (Fsp3) is 0.902. The van der Waals surface area contributed by atoms with Crippen molar-refractivity contribution in [3.63, 3.8) is 0 Å². The molecular formula is C51H101N3O2. The number of rotatable bonds is 45. The Morgan fingerprint density at radius 2 is 0.982 bits per heavy atom. The van der Waals surface area contributed by atoms with Crippen LogP contribution in [0.2, 0.25) is 0 Å². The number of unbranched alkanes of at least 4 members (excludes halogenated alkanes) is 24. The van der Waals surface area contributed by atoms with E-state index in [0.29, 0.717) is 18.2 Å². The number of hydroxylamine groups is 1. The molecule has 0 saturated carbocycles. The molecule has 56 heavy (non-hydrogen) atoms. The molecule has 0 spiro atoms. The number of amides is 1. The fourth-order valence-corrected chi connectivity index (χ4v) is 7.95. The van der Waals surface area contributed by atoms with Gasteiger partial charge in [-0.05, 0) is 83.8 Å². The SMILES string of the molecule is CCCCC/C=C\CC=CCCCCCCCC(=O)N(CCCN(CC)CC)C(ONCCCCCCCCCCCCCCCCCC)C(CC)CCCC. The van der Waals surface area contributed by atoms with Crippen LogP contribution >= 0.6 is 0 Å². The van der Waals surface area contributed by atoms with Gasteiger partial charge in [0.25, 0.3) is 0 Å². The van der Waals surface area contributed by atoms with Crippen molar-refractivity contribution in [1.29, 1.82) is 0 Å². The third-order valence-corrected chi connectivity index (χ3v) is 11.9. The van der Waals surface area contributed by atoms with Crippen molar-refractivity contribution < 1.29 is 9.63 Å². The molecule has 5 nitrogen and oxygen atoms in total. The highest BCUT2D eigenvalue weighted by molar-refractivity contribution is 5.76. The van der Waals surface area contributed by atoms with E-state index in [1.807, 2.05) is 0 Å². The van der Waals surface area contributed by atoms with Gasteiger partial charge < -0.3 is 9.80 Å². The van der Waals surface area contributed by atoms with Gasteiger partial charge in [-0.1, -0.05) is 207 Å². The van der Waals surface area contributed by atoms with Crippen LogP contribution in [0.25, 0.3) is 0 Å². The molecule has 0 aromatic heterocycles. The van der Waals surface area contributed by atoms with Crippen LogP contribution in [0.15, 0.2) is 24.3 Å². The number of hydrogen-bond donors (Lipinski definition) is 1. The maximum Gasteiger partial charge on any atom is 0.224 e. The predicted octanol–water partition coefficient (Wildman–Crippen LogP) is 15.7. The van der Waals surface area contributed by atoms with E-state index in [2.05, 4.69) is 81.1 Å². The van der Waals surface area contributed by atoms with Gasteiger partial charge in [0.2, 0.25) is 5.91 Å². The first kappa shape index (κ1) is 54.8. The molecular weight excluding hydrogens is 687 g/mol. The lowest BCUT2D eigenvalue weighted by molar-refractivity contribution is -0.168. The lowest BCUT2D eigenvalue weighted by Gasteiger charge is -2.37. The molecule has 0 aliphatic carbocycles. The first-order chi connectivity index (χ1) is 27.6. The lowest BCUT2D eigenvalue weighted by atomic mass is 9.96. The molecule has 1 N–H and O–H groups in total. The summed E-state index contributed by atoms with van der Waals surface area (Å²) >= 11 is 0. The molecule has 0 fully saturated rings. The highest BCUT2D eigenvalue weighted by Gasteiger charge is 2.30. The smallest absolute Gasteiger partial charge is 0.224 e. The molecule has 0 aromatic rings. The van der Waals surface area contributed by atoms with E-state index in [1.54, 1.807) is 0 Å². The molecule has 0 aliphatic rings. The van der Waals surface area contributed by atoms with Crippen molar-refractivity contribution in [2.24, 2.45) is 5.92 Å². The van der Waals surface area contributed by atoms with Crippen LogP contribution in [-0.4, -0.2) is 54.7 Å². The molecule has 0 rings (SSSR count). The molecule has 1 amide bonds. The summed E-state index contributed by atoms with van der Waals surface area (Å²) in [7, 11) is 0. The van der Waals surface area contributed by atoms with Crippen LogP contribution in [0, 0.1) is 5.92 Å². The summed E-state index contributed by atoms with van der Waals surface area (Å²) in [6, 6.07) is 0. The Labute approximate surface area is 352 Å². The summed E-state index contributed by atoms with van der Waals surface area (Å²) in [4.78, 5) is 25.2. The summed E-state index contributed by atoms with van der Waals surface area (Å²) < 4.78 is 0. The van der Waals surface area contributed by atoms with Crippen LogP contribution in [0.4, 0.5) is 0 Å². The normalized spacial score (nSPS) is 13.1. The van der Waals surface area contributed by atoms with E-state index in [1.165, 1.54) is 161 Å². The van der Waals surface area contributed by atoms with Gasteiger partial charge in [0.15, 0.2) is 6.23 Å². The van der Waals surface area contributed by atoms with Crippen LogP contribution < -0.4 is 5.48 Å². The Bertz CT molecular complexity index is 841. The molecule has 2 atom stereocenters. The number of nitrogens with one attached hydrogen (secondary N) is 1. The van der Waals surface area contributed by atoms with E-state index < -0.39 is 0 Å². The zero-order valence-corrected chi connectivity index (χ0v) is 39.0. The standard InChI is InChI=1S/C51H101N3O2/c1-7-13-16-18-20-22-24-26-28-30-32-34-36-38-40-42-46-52-56-51(49(10-4)44-15-9-3)54(48-43-47-53(11-5)12-6)50(55)45-41-39-37-35-33-31-29-27-25-23-21-19-17-14-8-2/h21,23,27,29,49,51-52H,7-20,22,24-26,28,30-48H2,1-6H3/b23-21-,29-27?. The highest BCUT2D eigenvalue weighted by Crippen LogP contribution is 2.24. The van der Waals surface area contributed by atoms with Crippen LogP contribution in [-0.2, 0) is 9.63 Å². The maximum atomic E-state index is 14.0. The molecule has 332 valence electrons. The third-order valence-electron chi connectivity index (χ3n) is 11.9. The van der Waals surface area contributed by atoms with Gasteiger partial charge in [0.05, 0.1) is 0 Å². The van der Waals surface area contributed by atoms with Crippen molar-refractivity contribution >= 4 is 5.91 Å². The van der Waals surface area contributed by atoms with Gasteiger partial charge in [-0.25, -0.2) is 5.48 Å². The molecule has 0 radical (unpaired) electrons. The maximum absolute atomic E-state index is 14.0. The van der Waals surface area contributed by atoms with E-state index in [9.17, 15) is 4.79 Å². The summed E-state index contributed by atoms with van der Waals surface area (Å²) in [5, 5.41) is 0. The molecule has 0 aromatic carbocycles. The van der Waals surface area contributed by atoms with Gasteiger partial charge in [0.1, 0.15) is 0 Å². The summed E-state index contributed by atoms with van der Waals surface area (Å²) in [6.07, 6.45) is 50.7. The summed E-state index contributed by atoms with van der Waals surface area (Å²) in [6.45, 7) is 18.4. The van der Waals surface area contributed by atoms with Crippen molar-refractivity contribution in [3.8, 4) is 0 Å². The molecule has 0 heterocycles. The fourth-order valence-electron chi connectivity index (χ4n) is 7.95. The minimum absolute atomic E-state index is 0.185. The van der Waals surface area contributed by atoms with Crippen molar-refractivity contribution in [2.45, 2.75) is 260 Å². The lowest BCUT2D eigenvalue weighted by Crippen LogP contribution is -2.49. The van der Waals surface area contributed by atoms with Gasteiger partial charge in [-0.15, -0.1) is 0 Å². The molecule has 0 bridgehead atoms. The number of carbonyl (C=O) groups is 1. The number of carbonyl (C=O) groups excluding carboxylic acids is 1. The van der Waals surface area contributed by atoms with Crippen molar-refractivity contribution in [3.05, 3.63) is 24.3 Å². The second-order valence-electron chi connectivity index (χ2n) is 17.0. The molecule has 5 heteroatoms. The predicted molar refractivity (Wildman–Crippen MR) is 249 cm³/mol. The van der Waals surface area contributed by atoms with Gasteiger partial charge in [-0.3, -0.25) is 9.63 Å². The minimum atomic E-state index is -0.185. The number of nitrogens with zero attached hydrogens (tertiary/aromatic N) is 2. The Hall–Kier alpha value is -1.17. The van der Waals surface area contributed by atoms with Gasteiger partial charge in [-0.2, -0.15) is 0 Å². The number of hydrogen-bond acceptors (Lipinski definition) is 4. The highest BCUT2D eigenvalue weighted by atomic mass is 16.7. The van der Waals surface area contributed by atoms with Crippen LogP contribution in [0.1, 0.15) is 253 Å². The van der Waals surface area contributed by atoms with E-state index >= 15 is 0 Å². The molecule has 0 aliphatic heterocycles. The Kier molecular flexibility index (Phi) is 44.0. The largest absolute Gasteiger partial charge is 0.315 e. The quantitative estimate of drug-likeness (QED) is 0.0289. The summed E-state index contributed by atoms with van der Waals surface area (Å²) in [5.41, 5.74) is 3.39. The zero-order chi connectivity index (χ0) is 41.0. The van der Waals surface area contributed by atoms with Crippen molar-refractivity contribution in [2.75, 3.05) is 32.7 Å². The second kappa shape index (κ2) is 44.9. The van der Waals surface area contributed by atoms with Crippen molar-refractivity contribution in [1.82, 2.24) is 15.3 Å². The van der Waals surface area contributed by atoms with Crippen LogP contribution in [0.5, 0.6) is 0 Å². The summed E-state index contributed by atoms with van der Waals surface area (Å²) in [5.74, 6) is 0.648. The van der Waals surface area contributed by atoms with Gasteiger partial charge in [0, 0.05) is 25.4 Å². The molecule has 2 unspecified atom stereocenters. The number of allylic oxidation sites excluding steroid dienone is 4. The van der Waals surface area contributed by atoms with E-state index in [0.717, 1.165) is 77.7 Å². The zero-order valence-electron chi connectivity index (χ0n) is 39.0. The Morgan fingerprint density at radius 3 is 1.50 bits per heavy atom. The van der Waals surface area contributed by atoms with Crippen LogP contribution in [0.3, 0.4) is 0 Å².